The van der Waals surface area contributed by atoms with Crippen molar-refractivity contribution in [3.8, 4) is 0 Å². The Kier molecular flexibility index (Phi) is 14.1. The second-order valence-electron chi connectivity index (χ2n) is 7.91. The molecule has 0 saturated heterocycles. The van der Waals surface area contributed by atoms with Crippen molar-refractivity contribution in [2.24, 2.45) is 17.4 Å². The van der Waals surface area contributed by atoms with Crippen molar-refractivity contribution in [3.63, 3.8) is 0 Å². The number of nitrogens with one attached hydrogen (secondary N) is 3. The summed E-state index contributed by atoms with van der Waals surface area (Å²) in [5.74, 6) is -7.57. The van der Waals surface area contributed by atoms with Gasteiger partial charge in [0.05, 0.1) is 18.9 Å². The Morgan fingerprint density at radius 2 is 1.21 bits per heavy atom. The van der Waals surface area contributed by atoms with Gasteiger partial charge in [0.15, 0.2) is 0 Å². The Hall–Kier alpha value is -3.26. The average molecular weight is 490 g/mol. The van der Waals surface area contributed by atoms with E-state index in [0.717, 1.165) is 0 Å². The summed E-state index contributed by atoms with van der Waals surface area (Å²) in [4.78, 5) is 71.4. The van der Waals surface area contributed by atoms with Crippen LogP contribution in [-0.4, -0.2) is 81.7 Å². The molecule has 0 aromatic heterocycles. The summed E-state index contributed by atoms with van der Waals surface area (Å²) in [5.41, 5.74) is 11.2. The second-order valence-corrected chi connectivity index (χ2v) is 7.91. The summed E-state index contributed by atoms with van der Waals surface area (Å²) < 4.78 is 0. The van der Waals surface area contributed by atoms with E-state index < -0.39 is 72.6 Å². The fraction of sp³-hybridized carbons (Fsp3) is 0.700. The maximum Gasteiger partial charge on any atom is 0.326 e. The van der Waals surface area contributed by atoms with E-state index in [0.29, 0.717) is 25.8 Å². The third-order valence-electron chi connectivity index (χ3n) is 5.14. The molecule has 14 heteroatoms. The molecule has 10 N–H and O–H groups in total. The Labute approximate surface area is 196 Å². The Morgan fingerprint density at radius 1 is 0.765 bits per heavy atom. The van der Waals surface area contributed by atoms with E-state index in [1.165, 1.54) is 0 Å². The van der Waals surface area contributed by atoms with Gasteiger partial charge in [0, 0.05) is 0 Å². The molecule has 5 atom stereocenters. The molecule has 34 heavy (non-hydrogen) atoms. The number of unbranched alkanes of at least 4 members (excludes halogenated alkanes) is 1. The number of carbonyl (C=O) groups excluding carboxylic acids is 3. The molecule has 0 bridgehead atoms. The largest absolute Gasteiger partial charge is 0.481 e. The topological polar surface area (TPSA) is 251 Å². The first-order chi connectivity index (χ1) is 15.8. The van der Waals surface area contributed by atoms with E-state index >= 15 is 0 Å². The zero-order valence-electron chi connectivity index (χ0n) is 19.3. The summed E-state index contributed by atoms with van der Waals surface area (Å²) >= 11 is 0. The number of carbonyl (C=O) groups is 6. The fourth-order valence-corrected chi connectivity index (χ4v) is 2.84. The van der Waals surface area contributed by atoms with Crippen molar-refractivity contribution in [3.05, 3.63) is 0 Å². The van der Waals surface area contributed by atoms with Gasteiger partial charge in [-0.3, -0.25) is 24.0 Å². The van der Waals surface area contributed by atoms with Crippen molar-refractivity contribution >= 4 is 35.6 Å². The SMILES string of the molecule is CCC(C)C(N)C(=O)NC(CC(=O)O)C(=O)NC(CC(=O)O)C(=O)NC(CCCCN)C(=O)O. The Bertz CT molecular complexity index is 746. The van der Waals surface area contributed by atoms with Gasteiger partial charge in [0.2, 0.25) is 17.7 Å². The Balaban J connectivity index is 5.53. The molecule has 0 spiro atoms. The van der Waals surface area contributed by atoms with Crippen LogP contribution in [0.3, 0.4) is 0 Å². The fourth-order valence-electron chi connectivity index (χ4n) is 2.84. The highest BCUT2D eigenvalue weighted by molar-refractivity contribution is 5.96. The summed E-state index contributed by atoms with van der Waals surface area (Å²) in [6.07, 6.45) is -0.314. The van der Waals surface area contributed by atoms with Gasteiger partial charge in [-0.15, -0.1) is 0 Å². The number of aliphatic carboxylic acids is 3. The maximum atomic E-state index is 12.7. The second kappa shape index (κ2) is 15.6. The lowest BCUT2D eigenvalue weighted by molar-refractivity contribution is -0.145. The first kappa shape index (κ1) is 30.7. The van der Waals surface area contributed by atoms with E-state index in [4.69, 9.17) is 21.7 Å². The highest BCUT2D eigenvalue weighted by atomic mass is 16.4. The van der Waals surface area contributed by atoms with Gasteiger partial charge in [-0.2, -0.15) is 0 Å². The van der Waals surface area contributed by atoms with Crippen molar-refractivity contribution in [2.45, 2.75) is 76.5 Å². The Morgan fingerprint density at radius 3 is 1.59 bits per heavy atom. The van der Waals surface area contributed by atoms with E-state index in [2.05, 4.69) is 16.0 Å². The van der Waals surface area contributed by atoms with Crippen LogP contribution in [0.2, 0.25) is 0 Å². The van der Waals surface area contributed by atoms with Crippen LogP contribution in [-0.2, 0) is 28.8 Å². The number of hydrogen-bond acceptors (Lipinski definition) is 8. The van der Waals surface area contributed by atoms with Crippen LogP contribution in [0.5, 0.6) is 0 Å². The smallest absolute Gasteiger partial charge is 0.326 e. The average Bonchev–Trinajstić information content (AvgIpc) is 2.75. The quantitative estimate of drug-likeness (QED) is 0.103. The third-order valence-corrected chi connectivity index (χ3v) is 5.14. The number of nitrogens with two attached hydrogens (primary N) is 2. The monoisotopic (exact) mass is 489 g/mol. The molecule has 194 valence electrons. The van der Waals surface area contributed by atoms with Crippen LogP contribution in [0.25, 0.3) is 0 Å². The first-order valence-corrected chi connectivity index (χ1v) is 10.9. The summed E-state index contributed by atoms with van der Waals surface area (Å²) in [6, 6.07) is -5.76. The van der Waals surface area contributed by atoms with E-state index in [9.17, 15) is 33.9 Å². The van der Waals surface area contributed by atoms with Crippen LogP contribution < -0.4 is 27.4 Å². The van der Waals surface area contributed by atoms with Crippen LogP contribution in [0.1, 0.15) is 52.4 Å². The molecule has 0 saturated carbocycles. The molecular formula is C20H35N5O9. The van der Waals surface area contributed by atoms with E-state index in [-0.39, 0.29) is 12.3 Å². The van der Waals surface area contributed by atoms with Gasteiger partial charge in [-0.05, 0) is 31.7 Å². The standard InChI is InChI=1S/C20H35N5O9/c1-3-10(2)16(22)19(32)25-13(9-15(28)29)18(31)24-12(8-14(26)27)17(30)23-11(20(33)34)6-4-5-7-21/h10-13,16H,3-9,21-22H2,1-2H3,(H,23,30)(H,24,31)(H,25,32)(H,26,27)(H,28,29)(H,33,34). The van der Waals surface area contributed by atoms with Gasteiger partial charge in [0.25, 0.3) is 0 Å². The summed E-state index contributed by atoms with van der Waals surface area (Å²) in [7, 11) is 0. The lowest BCUT2D eigenvalue weighted by Crippen LogP contribution is -2.58. The molecule has 0 aliphatic heterocycles. The van der Waals surface area contributed by atoms with Crippen LogP contribution in [0.4, 0.5) is 0 Å². The van der Waals surface area contributed by atoms with Gasteiger partial charge >= 0.3 is 17.9 Å². The highest BCUT2D eigenvalue weighted by Crippen LogP contribution is 2.07. The maximum absolute atomic E-state index is 12.7. The zero-order chi connectivity index (χ0) is 26.4. The molecule has 0 aliphatic rings. The number of hydrogen-bond donors (Lipinski definition) is 8. The van der Waals surface area contributed by atoms with Gasteiger partial charge in [0.1, 0.15) is 18.1 Å². The molecule has 0 fully saturated rings. The molecule has 0 aromatic rings. The summed E-state index contributed by atoms with van der Waals surface area (Å²) in [5, 5.41) is 34.0. The van der Waals surface area contributed by atoms with Gasteiger partial charge in [-0.1, -0.05) is 20.3 Å². The normalized spacial score (nSPS) is 15.2. The van der Waals surface area contributed by atoms with E-state index in [1.807, 2.05) is 0 Å². The third kappa shape index (κ3) is 11.6. The van der Waals surface area contributed by atoms with Gasteiger partial charge < -0.3 is 42.7 Å². The molecule has 0 aliphatic carbocycles. The predicted molar refractivity (Wildman–Crippen MR) is 118 cm³/mol. The van der Waals surface area contributed by atoms with Crippen LogP contribution in [0, 0.1) is 5.92 Å². The van der Waals surface area contributed by atoms with E-state index in [1.54, 1.807) is 13.8 Å². The lowest BCUT2D eigenvalue weighted by atomic mass is 9.99. The molecule has 5 unspecified atom stereocenters. The minimum absolute atomic E-state index is 0.0250. The molecule has 0 heterocycles. The molecular weight excluding hydrogens is 454 g/mol. The molecule has 3 amide bonds. The van der Waals surface area contributed by atoms with Crippen LogP contribution >= 0.6 is 0 Å². The highest BCUT2D eigenvalue weighted by Gasteiger charge is 2.33. The lowest BCUT2D eigenvalue weighted by Gasteiger charge is -2.25. The zero-order valence-corrected chi connectivity index (χ0v) is 19.3. The molecule has 14 nitrogen and oxygen atoms in total. The number of amides is 3. The number of carboxylic acids is 3. The number of carboxylic acid groups (broad SMARTS) is 3. The molecule has 0 aromatic carbocycles. The first-order valence-electron chi connectivity index (χ1n) is 10.9. The van der Waals surface area contributed by atoms with Gasteiger partial charge in [-0.25, -0.2) is 4.79 Å². The summed E-state index contributed by atoms with van der Waals surface area (Å²) in [6.45, 7) is 3.79. The minimum Gasteiger partial charge on any atom is -0.481 e. The van der Waals surface area contributed by atoms with Crippen molar-refractivity contribution in [1.29, 1.82) is 0 Å². The predicted octanol–water partition coefficient (Wildman–Crippen LogP) is -2.02. The molecule has 0 radical (unpaired) electrons. The van der Waals surface area contributed by atoms with Crippen molar-refractivity contribution in [2.75, 3.05) is 6.54 Å². The van der Waals surface area contributed by atoms with Crippen molar-refractivity contribution in [1.82, 2.24) is 16.0 Å². The molecule has 0 rings (SSSR count). The van der Waals surface area contributed by atoms with Crippen LogP contribution in [0.15, 0.2) is 0 Å². The number of rotatable bonds is 17. The van der Waals surface area contributed by atoms with Crippen molar-refractivity contribution < 1.29 is 44.1 Å². The minimum atomic E-state index is -1.72.